The summed E-state index contributed by atoms with van der Waals surface area (Å²) in [5.74, 6) is 2.17. The van der Waals surface area contributed by atoms with Crippen LogP contribution in [0.3, 0.4) is 0 Å². The maximum absolute atomic E-state index is 13.6. The Balaban J connectivity index is 1.05. The van der Waals surface area contributed by atoms with E-state index in [1.807, 2.05) is 54.7 Å². The molecule has 3 aliphatic rings. The first-order valence-electron chi connectivity index (χ1n) is 17.3. The Morgan fingerprint density at radius 1 is 0.833 bits per heavy atom. The van der Waals surface area contributed by atoms with Gasteiger partial charge in [0, 0.05) is 17.4 Å². The highest BCUT2D eigenvalue weighted by atomic mass is 16.7. The third kappa shape index (κ3) is 6.31. The first-order valence-corrected chi connectivity index (χ1v) is 17.3. The van der Waals surface area contributed by atoms with Gasteiger partial charge in [0.15, 0.2) is 28.8 Å². The number of cyclic esters (lactones) is 1. The second-order valence-electron chi connectivity index (χ2n) is 13.0. The van der Waals surface area contributed by atoms with E-state index >= 15 is 0 Å². The maximum atomic E-state index is 13.6. The molecule has 0 amide bonds. The summed E-state index contributed by atoms with van der Waals surface area (Å²) < 4.78 is 47.3. The van der Waals surface area contributed by atoms with Crippen LogP contribution in [-0.2, 0) is 16.1 Å². The number of hydrogen-bond acceptors (Lipinski definition) is 12. The summed E-state index contributed by atoms with van der Waals surface area (Å²) in [7, 11) is 6.27. The molecule has 13 nitrogen and oxygen atoms in total. The Morgan fingerprint density at radius 2 is 1.52 bits per heavy atom. The highest BCUT2D eigenvalue weighted by Crippen LogP contribution is 2.56. The molecule has 0 bridgehead atoms. The summed E-state index contributed by atoms with van der Waals surface area (Å²) in [6.45, 7) is 0.408. The Hall–Kier alpha value is -6.50. The van der Waals surface area contributed by atoms with Gasteiger partial charge in [0.1, 0.15) is 23.8 Å². The van der Waals surface area contributed by atoms with Gasteiger partial charge in [-0.3, -0.25) is 9.59 Å². The van der Waals surface area contributed by atoms with Crippen molar-refractivity contribution >= 4 is 17.8 Å². The molecule has 276 valence electrons. The lowest BCUT2D eigenvalue weighted by atomic mass is 9.65. The molecule has 4 atom stereocenters. The predicted octanol–water partition coefficient (Wildman–Crippen LogP) is 6.04. The molecule has 0 radical (unpaired) electrons. The molecule has 1 saturated heterocycles. The summed E-state index contributed by atoms with van der Waals surface area (Å²) in [4.78, 5) is 26.4. The van der Waals surface area contributed by atoms with Crippen molar-refractivity contribution in [3.8, 4) is 40.2 Å². The number of fused-ring (bicyclic) bond motifs is 3. The molecule has 4 aromatic carbocycles. The van der Waals surface area contributed by atoms with Crippen molar-refractivity contribution < 1.29 is 47.5 Å². The number of carbonyl (C=O) groups is 2. The fourth-order valence-corrected chi connectivity index (χ4v) is 7.52. The van der Waals surface area contributed by atoms with E-state index in [4.69, 9.17) is 37.9 Å². The molecule has 13 heteroatoms. The predicted molar refractivity (Wildman–Crippen MR) is 194 cm³/mol. The van der Waals surface area contributed by atoms with E-state index in [2.05, 4.69) is 10.3 Å². The number of nitrogens with zero attached hydrogens (tertiary/aromatic N) is 3. The minimum atomic E-state index is -0.568. The van der Waals surface area contributed by atoms with Crippen LogP contribution in [0.25, 0.3) is 6.08 Å². The van der Waals surface area contributed by atoms with Crippen LogP contribution in [0, 0.1) is 11.8 Å². The van der Waals surface area contributed by atoms with Crippen LogP contribution in [0.4, 0.5) is 0 Å². The Morgan fingerprint density at radius 3 is 2.19 bits per heavy atom. The normalized spacial score (nSPS) is 19.5. The van der Waals surface area contributed by atoms with Crippen LogP contribution in [0.5, 0.6) is 40.2 Å². The Kier molecular flexibility index (Phi) is 9.28. The summed E-state index contributed by atoms with van der Waals surface area (Å²) in [5, 5.41) is 8.95. The molecule has 1 fully saturated rings. The number of hydrogen-bond donors (Lipinski definition) is 0. The molecule has 0 N–H and O–H groups in total. The van der Waals surface area contributed by atoms with Crippen molar-refractivity contribution in [3.05, 3.63) is 119 Å². The fourth-order valence-electron chi connectivity index (χ4n) is 7.52. The van der Waals surface area contributed by atoms with Gasteiger partial charge in [-0.05, 0) is 89.0 Å². The second kappa shape index (κ2) is 14.5. The molecule has 0 saturated carbocycles. The van der Waals surface area contributed by atoms with Crippen LogP contribution in [0.15, 0.2) is 85.1 Å². The Bertz CT molecular complexity index is 2210. The highest BCUT2D eigenvalue weighted by Gasteiger charge is 2.53. The second-order valence-corrected chi connectivity index (χ2v) is 13.0. The van der Waals surface area contributed by atoms with Crippen molar-refractivity contribution in [1.82, 2.24) is 15.0 Å². The number of rotatable bonds is 12. The third-order valence-electron chi connectivity index (χ3n) is 10.1. The number of methoxy groups -OCH3 is 4. The van der Waals surface area contributed by atoms with E-state index in [1.165, 1.54) is 6.08 Å². The summed E-state index contributed by atoms with van der Waals surface area (Å²) in [5.41, 5.74) is 4.55. The molecular formula is C41H37N3O10. The number of ether oxygens (including phenoxy) is 8. The molecule has 0 unspecified atom stereocenters. The zero-order valence-electron chi connectivity index (χ0n) is 30.0. The van der Waals surface area contributed by atoms with Gasteiger partial charge in [-0.2, -0.15) is 0 Å². The van der Waals surface area contributed by atoms with Crippen molar-refractivity contribution in [2.45, 2.75) is 18.6 Å². The summed E-state index contributed by atoms with van der Waals surface area (Å²) in [6, 6.07) is 21.6. The van der Waals surface area contributed by atoms with E-state index in [9.17, 15) is 9.59 Å². The zero-order chi connectivity index (χ0) is 37.3. The molecule has 0 spiro atoms. The first-order chi connectivity index (χ1) is 26.4. The van der Waals surface area contributed by atoms with Crippen LogP contribution in [0.2, 0.25) is 0 Å². The molecule has 1 aromatic heterocycles. The van der Waals surface area contributed by atoms with Crippen LogP contribution in [-0.4, -0.2) is 68.6 Å². The van der Waals surface area contributed by atoms with E-state index in [0.29, 0.717) is 45.8 Å². The molecular weight excluding hydrogens is 694 g/mol. The van der Waals surface area contributed by atoms with Gasteiger partial charge in [0.2, 0.25) is 12.5 Å². The van der Waals surface area contributed by atoms with Gasteiger partial charge in [-0.1, -0.05) is 23.4 Å². The topological polar surface area (TPSA) is 139 Å². The molecule has 5 aromatic rings. The number of esters is 1. The maximum Gasteiger partial charge on any atom is 0.310 e. The van der Waals surface area contributed by atoms with Crippen LogP contribution < -0.4 is 33.2 Å². The van der Waals surface area contributed by atoms with Gasteiger partial charge >= 0.3 is 5.97 Å². The van der Waals surface area contributed by atoms with Gasteiger partial charge in [0.25, 0.3) is 0 Å². The molecule has 54 heavy (non-hydrogen) atoms. The number of allylic oxidation sites excluding steroid dienone is 1. The lowest BCUT2D eigenvalue weighted by Crippen LogP contribution is -2.37. The van der Waals surface area contributed by atoms with Gasteiger partial charge in [-0.15, -0.1) is 5.10 Å². The van der Waals surface area contributed by atoms with E-state index < -0.39 is 17.9 Å². The first kappa shape index (κ1) is 34.6. The largest absolute Gasteiger partial charge is 0.497 e. The summed E-state index contributed by atoms with van der Waals surface area (Å²) in [6.07, 6.45) is 5.12. The molecule has 2 aliphatic heterocycles. The minimum absolute atomic E-state index is 0.0903. The number of ketones is 1. The van der Waals surface area contributed by atoms with E-state index in [1.54, 1.807) is 63.5 Å². The van der Waals surface area contributed by atoms with Crippen molar-refractivity contribution in [2.24, 2.45) is 11.8 Å². The third-order valence-corrected chi connectivity index (χ3v) is 10.1. The summed E-state index contributed by atoms with van der Waals surface area (Å²) >= 11 is 0. The van der Waals surface area contributed by atoms with Crippen molar-refractivity contribution in [2.75, 3.05) is 41.8 Å². The average Bonchev–Trinajstić information content (AvgIpc) is 3.97. The smallest absolute Gasteiger partial charge is 0.310 e. The van der Waals surface area contributed by atoms with Crippen LogP contribution >= 0.6 is 0 Å². The zero-order valence-corrected chi connectivity index (χ0v) is 30.0. The van der Waals surface area contributed by atoms with Crippen molar-refractivity contribution in [3.63, 3.8) is 0 Å². The number of carbonyl (C=O) groups excluding carboxylic acids is 2. The minimum Gasteiger partial charge on any atom is -0.497 e. The monoisotopic (exact) mass is 731 g/mol. The standard InChI is InChI=1S/C41H37N3O10/c1-47-27-10-5-23(6-11-27)7-14-32(45)24-8-12-28(13-9-24)51-20-26-19-44(43-42-26)39-30-18-34-33(53-22-54-34)17-29(30)37(38-31(39)21-52-41(38)46)25-15-35(48-2)40(50-4)36(16-25)49-3/h5-19,31,37-39H,20-22H2,1-4H3/b14-7+/t31-,37+,38-,39+/m0/s1. The molecule has 8 rings (SSSR count). The highest BCUT2D eigenvalue weighted by molar-refractivity contribution is 6.06. The van der Waals surface area contributed by atoms with E-state index in [-0.39, 0.29) is 37.7 Å². The average molecular weight is 732 g/mol. The van der Waals surface area contributed by atoms with E-state index in [0.717, 1.165) is 28.0 Å². The quantitative estimate of drug-likeness (QED) is 0.0840. The van der Waals surface area contributed by atoms with Crippen molar-refractivity contribution in [1.29, 1.82) is 0 Å². The van der Waals surface area contributed by atoms with Crippen LogP contribution in [0.1, 0.15) is 50.3 Å². The lowest BCUT2D eigenvalue weighted by molar-refractivity contribution is -0.141. The number of benzene rings is 4. The van der Waals surface area contributed by atoms with Gasteiger partial charge < -0.3 is 37.9 Å². The molecule has 1 aliphatic carbocycles. The lowest BCUT2D eigenvalue weighted by Gasteiger charge is -2.39. The SMILES string of the molecule is COc1ccc(/C=C/C(=O)c2ccc(OCc3cn([C@@H]4c5cc6c(cc5[C@@H](c5cc(OC)c(OC)c(OC)c5)[C@H]5C(=O)OC[C@@H]54)OCO6)nn3)cc2)cc1. The Labute approximate surface area is 310 Å². The molecule has 3 heterocycles. The van der Waals surface area contributed by atoms with Gasteiger partial charge in [-0.25, -0.2) is 4.68 Å². The fraction of sp³-hybridized carbons (Fsp3) is 0.268. The van der Waals surface area contributed by atoms with Gasteiger partial charge in [0.05, 0.1) is 53.2 Å². The number of aromatic nitrogens is 3.